The SMILES string of the molecule is Cc1cc(C)n(Cc2cccc(C(=O)NNC(=O)C(C)Oc3cccc(Br)c3)c2)n1. The molecule has 0 fully saturated rings. The van der Waals surface area contributed by atoms with Gasteiger partial charge in [-0.3, -0.25) is 25.1 Å². The zero-order valence-corrected chi connectivity index (χ0v) is 18.6. The number of benzene rings is 2. The Morgan fingerprint density at radius 2 is 1.87 bits per heavy atom. The molecule has 2 amide bonds. The summed E-state index contributed by atoms with van der Waals surface area (Å²) in [6.07, 6.45) is -0.781. The second kappa shape index (κ2) is 9.58. The molecule has 156 valence electrons. The van der Waals surface area contributed by atoms with Gasteiger partial charge in [-0.2, -0.15) is 5.10 Å². The molecular formula is C22H23BrN4O3. The average molecular weight is 471 g/mol. The Bertz CT molecular complexity index is 1060. The molecule has 1 unspecified atom stereocenters. The van der Waals surface area contributed by atoms with Crippen LogP contribution in [0.15, 0.2) is 59.1 Å². The summed E-state index contributed by atoms with van der Waals surface area (Å²) in [5, 5.41) is 4.44. The molecule has 3 aromatic rings. The van der Waals surface area contributed by atoms with Gasteiger partial charge in [0.15, 0.2) is 6.10 Å². The highest BCUT2D eigenvalue weighted by molar-refractivity contribution is 9.10. The molecule has 30 heavy (non-hydrogen) atoms. The van der Waals surface area contributed by atoms with E-state index in [1.807, 2.05) is 42.8 Å². The fraction of sp³-hybridized carbons (Fsp3) is 0.227. The topological polar surface area (TPSA) is 85.2 Å². The summed E-state index contributed by atoms with van der Waals surface area (Å²) in [6, 6.07) is 16.4. The van der Waals surface area contributed by atoms with Gasteiger partial charge in [-0.1, -0.05) is 34.1 Å². The Morgan fingerprint density at radius 1 is 1.10 bits per heavy atom. The number of hydrogen-bond donors (Lipinski definition) is 2. The zero-order valence-electron chi connectivity index (χ0n) is 17.0. The van der Waals surface area contributed by atoms with Gasteiger partial charge in [-0.25, -0.2) is 0 Å². The molecule has 1 heterocycles. The minimum absolute atomic E-state index is 0.409. The monoisotopic (exact) mass is 470 g/mol. The van der Waals surface area contributed by atoms with E-state index >= 15 is 0 Å². The van der Waals surface area contributed by atoms with Crippen molar-refractivity contribution >= 4 is 27.7 Å². The molecule has 0 radical (unpaired) electrons. The molecule has 2 aromatic carbocycles. The van der Waals surface area contributed by atoms with Crippen LogP contribution in [0.4, 0.5) is 0 Å². The Labute approximate surface area is 183 Å². The number of carbonyl (C=O) groups is 2. The summed E-state index contributed by atoms with van der Waals surface area (Å²) in [5.41, 5.74) is 8.21. The Morgan fingerprint density at radius 3 is 2.57 bits per heavy atom. The molecule has 0 aliphatic rings. The summed E-state index contributed by atoms with van der Waals surface area (Å²) in [5.74, 6) is -0.314. The molecule has 1 aromatic heterocycles. The first-order chi connectivity index (χ1) is 14.3. The van der Waals surface area contributed by atoms with Crippen LogP contribution in [-0.4, -0.2) is 27.7 Å². The molecule has 3 rings (SSSR count). The number of amides is 2. The van der Waals surface area contributed by atoms with Gasteiger partial charge >= 0.3 is 0 Å². The first-order valence-corrected chi connectivity index (χ1v) is 10.2. The molecule has 7 nitrogen and oxygen atoms in total. The second-order valence-corrected chi connectivity index (χ2v) is 7.86. The smallest absolute Gasteiger partial charge is 0.279 e. The van der Waals surface area contributed by atoms with Crippen molar-refractivity contribution in [2.75, 3.05) is 0 Å². The third kappa shape index (κ3) is 5.70. The van der Waals surface area contributed by atoms with Crippen LogP contribution in [-0.2, 0) is 11.3 Å². The van der Waals surface area contributed by atoms with E-state index in [1.165, 1.54) is 0 Å². The minimum Gasteiger partial charge on any atom is -0.481 e. The summed E-state index contributed by atoms with van der Waals surface area (Å²) < 4.78 is 8.32. The first kappa shape index (κ1) is 21.6. The molecule has 0 saturated carbocycles. The summed E-state index contributed by atoms with van der Waals surface area (Å²) in [6.45, 7) is 6.10. The van der Waals surface area contributed by atoms with E-state index in [2.05, 4.69) is 31.9 Å². The van der Waals surface area contributed by atoms with E-state index in [0.717, 1.165) is 21.4 Å². The van der Waals surface area contributed by atoms with Gasteiger partial charge in [-0.15, -0.1) is 0 Å². The number of rotatable bonds is 6. The third-order valence-electron chi connectivity index (χ3n) is 4.40. The van der Waals surface area contributed by atoms with E-state index in [-0.39, 0.29) is 0 Å². The van der Waals surface area contributed by atoms with E-state index < -0.39 is 17.9 Å². The van der Waals surface area contributed by atoms with E-state index in [1.54, 1.807) is 37.3 Å². The lowest BCUT2D eigenvalue weighted by molar-refractivity contribution is -0.128. The van der Waals surface area contributed by atoms with Gasteiger partial charge in [0.2, 0.25) is 0 Å². The van der Waals surface area contributed by atoms with Gasteiger partial charge in [0, 0.05) is 15.7 Å². The molecule has 8 heteroatoms. The van der Waals surface area contributed by atoms with Crippen LogP contribution in [0.1, 0.15) is 34.2 Å². The van der Waals surface area contributed by atoms with Crippen LogP contribution >= 0.6 is 15.9 Å². The number of halogens is 1. The number of nitrogens with zero attached hydrogens (tertiary/aromatic N) is 2. The molecule has 0 spiro atoms. The Kier molecular flexibility index (Phi) is 6.89. The number of nitrogens with one attached hydrogen (secondary N) is 2. The van der Waals surface area contributed by atoms with Crippen molar-refractivity contribution in [3.05, 3.63) is 81.6 Å². The molecule has 0 aliphatic carbocycles. The van der Waals surface area contributed by atoms with Gasteiger partial charge in [0.1, 0.15) is 5.75 Å². The maximum Gasteiger partial charge on any atom is 0.279 e. The summed E-state index contributed by atoms with van der Waals surface area (Å²) >= 11 is 3.35. The highest BCUT2D eigenvalue weighted by atomic mass is 79.9. The van der Waals surface area contributed by atoms with E-state index in [4.69, 9.17) is 4.74 Å². The van der Waals surface area contributed by atoms with Crippen molar-refractivity contribution in [3.63, 3.8) is 0 Å². The molecule has 0 saturated heterocycles. The zero-order chi connectivity index (χ0) is 21.7. The number of aryl methyl sites for hydroxylation is 2. The molecule has 1 atom stereocenters. The lowest BCUT2D eigenvalue weighted by Crippen LogP contribution is -2.47. The average Bonchev–Trinajstić information content (AvgIpc) is 3.02. The molecule has 0 bridgehead atoms. The van der Waals surface area contributed by atoms with Gasteiger partial charge in [0.05, 0.1) is 12.2 Å². The van der Waals surface area contributed by atoms with Crippen molar-refractivity contribution in [3.8, 4) is 5.75 Å². The van der Waals surface area contributed by atoms with Crippen molar-refractivity contribution < 1.29 is 14.3 Å². The summed E-state index contributed by atoms with van der Waals surface area (Å²) in [7, 11) is 0. The van der Waals surface area contributed by atoms with Crippen LogP contribution in [0, 0.1) is 13.8 Å². The Hall–Kier alpha value is -3.13. The lowest BCUT2D eigenvalue weighted by Gasteiger charge is -2.15. The standard InChI is InChI=1S/C22H23BrN4O3/c1-14-10-15(2)27(26-14)13-17-6-4-7-18(11-17)22(29)25-24-21(28)16(3)30-20-9-5-8-19(23)12-20/h4-12,16H,13H2,1-3H3,(H,24,28)(H,25,29). The number of carbonyl (C=O) groups excluding carboxylic acids is 2. The van der Waals surface area contributed by atoms with Crippen LogP contribution in [0.5, 0.6) is 5.75 Å². The van der Waals surface area contributed by atoms with E-state index in [0.29, 0.717) is 17.9 Å². The lowest BCUT2D eigenvalue weighted by atomic mass is 10.1. The van der Waals surface area contributed by atoms with Crippen molar-refractivity contribution in [1.29, 1.82) is 0 Å². The van der Waals surface area contributed by atoms with Crippen molar-refractivity contribution in [1.82, 2.24) is 20.6 Å². The van der Waals surface area contributed by atoms with Gasteiger partial charge in [-0.05, 0) is 62.7 Å². The molecule has 0 aliphatic heterocycles. The van der Waals surface area contributed by atoms with Crippen LogP contribution in [0.25, 0.3) is 0 Å². The number of hydrazine groups is 1. The fourth-order valence-corrected chi connectivity index (χ4v) is 3.29. The summed E-state index contributed by atoms with van der Waals surface area (Å²) in [4.78, 5) is 24.7. The maximum atomic E-state index is 12.5. The number of aromatic nitrogens is 2. The number of hydrogen-bond acceptors (Lipinski definition) is 4. The van der Waals surface area contributed by atoms with Gasteiger partial charge in [0.25, 0.3) is 11.8 Å². The van der Waals surface area contributed by atoms with Crippen LogP contribution < -0.4 is 15.6 Å². The minimum atomic E-state index is -0.781. The predicted octanol–water partition coefficient (Wildman–Crippen LogP) is 3.54. The van der Waals surface area contributed by atoms with Gasteiger partial charge < -0.3 is 4.74 Å². The van der Waals surface area contributed by atoms with Crippen LogP contribution in [0.3, 0.4) is 0 Å². The first-order valence-electron chi connectivity index (χ1n) is 9.44. The molecular weight excluding hydrogens is 448 g/mol. The highest BCUT2D eigenvalue weighted by Crippen LogP contribution is 2.18. The van der Waals surface area contributed by atoms with Crippen molar-refractivity contribution in [2.24, 2.45) is 0 Å². The normalized spacial score (nSPS) is 11.6. The second-order valence-electron chi connectivity index (χ2n) is 6.95. The van der Waals surface area contributed by atoms with Crippen LogP contribution in [0.2, 0.25) is 0 Å². The fourth-order valence-electron chi connectivity index (χ4n) is 2.91. The van der Waals surface area contributed by atoms with E-state index in [9.17, 15) is 9.59 Å². The largest absolute Gasteiger partial charge is 0.481 e. The molecule has 2 N–H and O–H groups in total. The quantitative estimate of drug-likeness (QED) is 0.539. The Balaban J connectivity index is 1.56. The highest BCUT2D eigenvalue weighted by Gasteiger charge is 2.16. The third-order valence-corrected chi connectivity index (χ3v) is 4.90. The number of ether oxygens (including phenoxy) is 1. The predicted molar refractivity (Wildman–Crippen MR) is 117 cm³/mol. The maximum absolute atomic E-state index is 12.5. The van der Waals surface area contributed by atoms with Crippen molar-refractivity contribution in [2.45, 2.75) is 33.4 Å².